The van der Waals surface area contributed by atoms with E-state index in [9.17, 15) is 4.39 Å². The van der Waals surface area contributed by atoms with Gasteiger partial charge in [-0.1, -0.05) is 11.6 Å². The zero-order chi connectivity index (χ0) is 11.5. The molecule has 0 saturated carbocycles. The first-order chi connectivity index (χ1) is 7.66. The third kappa shape index (κ3) is 2.23. The first-order valence-electron chi connectivity index (χ1n) is 4.58. The van der Waals surface area contributed by atoms with Crippen molar-refractivity contribution in [1.82, 2.24) is 4.98 Å². The molecular formula is C11H9ClFN3. The Balaban J connectivity index is 2.28. The summed E-state index contributed by atoms with van der Waals surface area (Å²) in [5.41, 5.74) is 7.60. The minimum Gasteiger partial charge on any atom is -0.396 e. The van der Waals surface area contributed by atoms with Crippen LogP contribution in [-0.4, -0.2) is 4.98 Å². The van der Waals surface area contributed by atoms with E-state index in [1.165, 1.54) is 18.3 Å². The number of nitrogens with one attached hydrogen (secondary N) is 1. The fraction of sp³-hybridized carbons (Fsp3) is 0. The van der Waals surface area contributed by atoms with Crippen LogP contribution in [0.25, 0.3) is 0 Å². The molecule has 0 amide bonds. The molecule has 0 spiro atoms. The van der Waals surface area contributed by atoms with Gasteiger partial charge in [0, 0.05) is 11.9 Å². The summed E-state index contributed by atoms with van der Waals surface area (Å²) in [4.78, 5) is 3.87. The van der Waals surface area contributed by atoms with Crippen LogP contribution in [0.4, 0.5) is 21.5 Å². The minimum atomic E-state index is -0.449. The molecule has 0 saturated heterocycles. The molecular weight excluding hydrogens is 229 g/mol. The van der Waals surface area contributed by atoms with Crippen LogP contribution in [0.15, 0.2) is 36.7 Å². The average molecular weight is 238 g/mol. The van der Waals surface area contributed by atoms with Crippen LogP contribution in [0.3, 0.4) is 0 Å². The maximum Gasteiger partial charge on any atom is 0.141 e. The Hall–Kier alpha value is -1.81. The normalized spacial score (nSPS) is 10.1. The molecule has 1 aromatic heterocycles. The fourth-order valence-electron chi connectivity index (χ4n) is 1.25. The summed E-state index contributed by atoms with van der Waals surface area (Å²) >= 11 is 5.66. The maximum atomic E-state index is 12.9. The highest BCUT2D eigenvalue weighted by Crippen LogP contribution is 2.25. The maximum absolute atomic E-state index is 12.9. The number of anilines is 3. The largest absolute Gasteiger partial charge is 0.396 e. The van der Waals surface area contributed by atoms with Gasteiger partial charge in [0.1, 0.15) is 5.82 Å². The van der Waals surface area contributed by atoms with Crippen LogP contribution in [0.2, 0.25) is 5.02 Å². The second kappa shape index (κ2) is 4.37. The number of benzene rings is 1. The summed E-state index contributed by atoms with van der Waals surface area (Å²) in [6.45, 7) is 0. The van der Waals surface area contributed by atoms with Gasteiger partial charge in [-0.2, -0.15) is 0 Å². The molecule has 2 rings (SSSR count). The molecule has 16 heavy (non-hydrogen) atoms. The van der Waals surface area contributed by atoms with Gasteiger partial charge >= 0.3 is 0 Å². The molecule has 0 radical (unpaired) electrons. The highest BCUT2D eigenvalue weighted by Gasteiger charge is 2.02. The Morgan fingerprint density at radius 3 is 2.81 bits per heavy atom. The fourth-order valence-corrected chi connectivity index (χ4v) is 1.43. The molecule has 0 bridgehead atoms. The lowest BCUT2D eigenvalue weighted by molar-refractivity contribution is 0.628. The quantitative estimate of drug-likeness (QED) is 0.843. The standard InChI is InChI=1S/C11H9ClFN3/c12-8-5-7(1-2-9(8)13)16-11-3-4-15-6-10(11)14/h1-6H,14H2,(H,15,16). The van der Waals surface area contributed by atoms with Crippen molar-refractivity contribution in [2.24, 2.45) is 0 Å². The number of nitrogen functional groups attached to an aromatic ring is 1. The van der Waals surface area contributed by atoms with Crippen molar-refractivity contribution >= 4 is 28.7 Å². The molecule has 0 atom stereocenters. The Morgan fingerprint density at radius 2 is 2.12 bits per heavy atom. The van der Waals surface area contributed by atoms with Gasteiger partial charge in [-0.25, -0.2) is 4.39 Å². The monoisotopic (exact) mass is 237 g/mol. The van der Waals surface area contributed by atoms with Crippen molar-refractivity contribution in [3.63, 3.8) is 0 Å². The molecule has 0 fully saturated rings. The molecule has 0 unspecified atom stereocenters. The van der Waals surface area contributed by atoms with E-state index in [1.807, 2.05) is 0 Å². The molecule has 0 aliphatic rings. The molecule has 3 nitrogen and oxygen atoms in total. The third-order valence-corrected chi connectivity index (χ3v) is 2.34. The number of nitrogens with two attached hydrogens (primary N) is 1. The van der Waals surface area contributed by atoms with Crippen LogP contribution in [0.5, 0.6) is 0 Å². The van der Waals surface area contributed by atoms with Crippen LogP contribution >= 0.6 is 11.6 Å². The molecule has 2 aromatic rings. The van der Waals surface area contributed by atoms with Crippen LogP contribution in [0.1, 0.15) is 0 Å². The van der Waals surface area contributed by atoms with E-state index in [4.69, 9.17) is 17.3 Å². The Kier molecular flexibility index (Phi) is 2.92. The van der Waals surface area contributed by atoms with Gasteiger partial charge in [0.15, 0.2) is 0 Å². The second-order valence-corrected chi connectivity index (χ2v) is 3.62. The highest BCUT2D eigenvalue weighted by molar-refractivity contribution is 6.31. The van der Waals surface area contributed by atoms with Crippen molar-refractivity contribution in [3.05, 3.63) is 47.5 Å². The molecule has 0 aliphatic heterocycles. The Morgan fingerprint density at radius 1 is 1.31 bits per heavy atom. The van der Waals surface area contributed by atoms with Crippen molar-refractivity contribution in [3.8, 4) is 0 Å². The Bertz CT molecular complexity index is 516. The van der Waals surface area contributed by atoms with Gasteiger partial charge in [-0.05, 0) is 24.3 Å². The number of pyridine rings is 1. The zero-order valence-corrected chi connectivity index (χ0v) is 9.00. The number of hydrogen-bond acceptors (Lipinski definition) is 3. The molecule has 5 heteroatoms. The lowest BCUT2D eigenvalue weighted by Gasteiger charge is -2.08. The predicted octanol–water partition coefficient (Wildman–Crippen LogP) is 3.20. The summed E-state index contributed by atoms with van der Waals surface area (Å²) < 4.78 is 12.9. The van der Waals surface area contributed by atoms with Crippen molar-refractivity contribution < 1.29 is 4.39 Å². The summed E-state index contributed by atoms with van der Waals surface area (Å²) in [5.74, 6) is -0.449. The van der Waals surface area contributed by atoms with Gasteiger partial charge in [-0.15, -0.1) is 0 Å². The van der Waals surface area contributed by atoms with E-state index in [1.54, 1.807) is 18.3 Å². The Labute approximate surface area is 97.1 Å². The molecule has 82 valence electrons. The van der Waals surface area contributed by atoms with Gasteiger partial charge in [0.25, 0.3) is 0 Å². The van der Waals surface area contributed by atoms with Crippen LogP contribution < -0.4 is 11.1 Å². The third-order valence-electron chi connectivity index (χ3n) is 2.05. The summed E-state index contributed by atoms with van der Waals surface area (Å²) in [6, 6.07) is 6.10. The number of aromatic nitrogens is 1. The van der Waals surface area contributed by atoms with E-state index < -0.39 is 5.82 Å². The van der Waals surface area contributed by atoms with Gasteiger partial charge < -0.3 is 11.1 Å². The number of hydrogen-bond donors (Lipinski definition) is 2. The summed E-state index contributed by atoms with van der Waals surface area (Å²) in [7, 11) is 0. The zero-order valence-electron chi connectivity index (χ0n) is 8.24. The number of halogens is 2. The average Bonchev–Trinajstić information content (AvgIpc) is 2.27. The molecule has 3 N–H and O–H groups in total. The van der Waals surface area contributed by atoms with Crippen molar-refractivity contribution in [2.75, 3.05) is 11.1 Å². The van der Waals surface area contributed by atoms with E-state index in [-0.39, 0.29) is 5.02 Å². The second-order valence-electron chi connectivity index (χ2n) is 3.22. The van der Waals surface area contributed by atoms with Crippen LogP contribution in [0, 0.1) is 5.82 Å². The van der Waals surface area contributed by atoms with Crippen molar-refractivity contribution in [2.45, 2.75) is 0 Å². The number of rotatable bonds is 2. The van der Waals surface area contributed by atoms with Crippen molar-refractivity contribution in [1.29, 1.82) is 0 Å². The lowest BCUT2D eigenvalue weighted by atomic mass is 10.3. The van der Waals surface area contributed by atoms with E-state index in [2.05, 4.69) is 10.3 Å². The number of nitrogens with zero attached hydrogens (tertiary/aromatic N) is 1. The molecule has 0 aliphatic carbocycles. The van der Waals surface area contributed by atoms with Gasteiger partial charge in [-0.3, -0.25) is 4.98 Å². The van der Waals surface area contributed by atoms with Gasteiger partial charge in [0.2, 0.25) is 0 Å². The van der Waals surface area contributed by atoms with E-state index in [0.717, 1.165) is 0 Å². The first-order valence-corrected chi connectivity index (χ1v) is 4.96. The summed E-state index contributed by atoms with van der Waals surface area (Å²) in [5, 5.41) is 3.09. The van der Waals surface area contributed by atoms with Gasteiger partial charge in [0.05, 0.1) is 22.6 Å². The van der Waals surface area contributed by atoms with E-state index in [0.29, 0.717) is 17.1 Å². The van der Waals surface area contributed by atoms with E-state index >= 15 is 0 Å². The van der Waals surface area contributed by atoms with Crippen LogP contribution in [-0.2, 0) is 0 Å². The predicted molar refractivity (Wildman–Crippen MR) is 63.3 cm³/mol. The smallest absolute Gasteiger partial charge is 0.141 e. The minimum absolute atomic E-state index is 0.0672. The lowest BCUT2D eigenvalue weighted by Crippen LogP contribution is -1.96. The topological polar surface area (TPSA) is 50.9 Å². The highest BCUT2D eigenvalue weighted by atomic mass is 35.5. The first kappa shape index (κ1) is 10.7. The SMILES string of the molecule is Nc1cnccc1Nc1ccc(F)c(Cl)c1. The molecule has 1 aromatic carbocycles. The summed E-state index contributed by atoms with van der Waals surface area (Å²) in [6.07, 6.45) is 3.15. The molecule has 1 heterocycles.